The average molecular weight is 294 g/mol. The second-order valence-electron chi connectivity index (χ2n) is 5.86. The fourth-order valence-electron chi connectivity index (χ4n) is 2.73. The zero-order chi connectivity index (χ0) is 14.6. The van der Waals surface area contributed by atoms with Crippen LogP contribution < -0.4 is 5.32 Å². The lowest BCUT2D eigenvalue weighted by Gasteiger charge is -2.35. The van der Waals surface area contributed by atoms with Gasteiger partial charge in [-0.15, -0.1) is 11.8 Å². The van der Waals surface area contributed by atoms with Gasteiger partial charge in [0, 0.05) is 23.7 Å². The molecule has 1 fully saturated rings. The van der Waals surface area contributed by atoms with Crippen molar-refractivity contribution in [3.05, 3.63) is 29.8 Å². The van der Waals surface area contributed by atoms with Crippen molar-refractivity contribution < 1.29 is 14.8 Å². The van der Waals surface area contributed by atoms with Crippen molar-refractivity contribution in [1.82, 2.24) is 0 Å². The molecule has 1 aromatic carbocycles. The third-order valence-electron chi connectivity index (χ3n) is 4.10. The van der Waals surface area contributed by atoms with Crippen LogP contribution in [0.1, 0.15) is 37.0 Å². The first-order chi connectivity index (χ1) is 9.53. The zero-order valence-electron chi connectivity index (χ0n) is 12.5. The summed E-state index contributed by atoms with van der Waals surface area (Å²) < 4.78 is 5.78. The first-order valence-electron chi connectivity index (χ1n) is 7.22. The van der Waals surface area contributed by atoms with Crippen molar-refractivity contribution in [2.75, 3.05) is 19.3 Å². The van der Waals surface area contributed by atoms with Gasteiger partial charge in [0.15, 0.2) is 0 Å². The molecule has 0 unspecified atom stereocenters. The molecule has 110 valence electrons. The van der Waals surface area contributed by atoms with E-state index < -0.39 is 0 Å². The molecule has 0 aromatic heterocycles. The van der Waals surface area contributed by atoms with E-state index in [1.165, 1.54) is 0 Å². The van der Waals surface area contributed by atoms with Crippen molar-refractivity contribution >= 4 is 17.7 Å². The number of hydrogen-bond donors (Lipinski definition) is 1. The molecule has 1 heterocycles. The van der Waals surface area contributed by atoms with Gasteiger partial charge in [0.25, 0.3) is 0 Å². The Kier molecular flexibility index (Phi) is 5.11. The average Bonchev–Trinajstić information content (AvgIpc) is 2.48. The summed E-state index contributed by atoms with van der Waals surface area (Å²) in [5.74, 6) is 0.249. The Hall–Kier alpha value is -1.00. The quantitative estimate of drug-likeness (QED) is 0.684. The smallest absolute Gasteiger partial charge is 0.338 e. The van der Waals surface area contributed by atoms with Gasteiger partial charge >= 0.3 is 5.97 Å². The van der Waals surface area contributed by atoms with Gasteiger partial charge in [0.1, 0.15) is 5.60 Å². The van der Waals surface area contributed by atoms with Crippen LogP contribution in [0.5, 0.6) is 0 Å². The molecular weight excluding hydrogens is 270 g/mol. The van der Waals surface area contributed by atoms with Crippen LogP contribution in [-0.4, -0.2) is 30.9 Å². The van der Waals surface area contributed by atoms with Crippen LogP contribution in [0, 0.1) is 5.92 Å². The van der Waals surface area contributed by atoms with E-state index >= 15 is 0 Å². The highest BCUT2D eigenvalue weighted by atomic mass is 32.2. The fraction of sp³-hybridized carbons (Fsp3) is 0.562. The Morgan fingerprint density at radius 1 is 1.25 bits per heavy atom. The minimum absolute atomic E-state index is 0.211. The lowest BCUT2D eigenvalue weighted by Crippen LogP contribution is -2.86. The number of hydrogen-bond acceptors (Lipinski definition) is 3. The molecule has 0 radical (unpaired) electrons. The highest BCUT2D eigenvalue weighted by molar-refractivity contribution is 7.98. The SMILES string of the molecule is CSc1ccc(C(=O)OC(C)(C)C2CC[NH2+]CC2)cc1. The van der Waals surface area contributed by atoms with Crippen LogP contribution in [0.2, 0.25) is 0 Å². The highest BCUT2D eigenvalue weighted by Gasteiger charge is 2.35. The Morgan fingerprint density at radius 3 is 2.40 bits per heavy atom. The van der Waals surface area contributed by atoms with E-state index in [0.29, 0.717) is 11.5 Å². The normalized spacial score (nSPS) is 16.9. The molecule has 0 bridgehead atoms. The van der Waals surface area contributed by atoms with Gasteiger partial charge in [0.2, 0.25) is 0 Å². The molecule has 0 atom stereocenters. The third-order valence-corrected chi connectivity index (χ3v) is 4.85. The Labute approximate surface area is 125 Å². The van der Waals surface area contributed by atoms with Crippen LogP contribution in [0.4, 0.5) is 0 Å². The number of carbonyl (C=O) groups excluding carboxylic acids is 1. The summed E-state index contributed by atoms with van der Waals surface area (Å²) in [6.07, 6.45) is 4.26. The van der Waals surface area contributed by atoms with Gasteiger partial charge in [-0.25, -0.2) is 4.79 Å². The molecule has 0 aliphatic carbocycles. The van der Waals surface area contributed by atoms with E-state index in [2.05, 4.69) is 5.32 Å². The second kappa shape index (κ2) is 6.64. The van der Waals surface area contributed by atoms with Gasteiger partial charge in [-0.2, -0.15) is 0 Å². The number of piperidine rings is 1. The number of quaternary nitrogens is 1. The summed E-state index contributed by atoms with van der Waals surface area (Å²) in [5, 5.41) is 2.33. The summed E-state index contributed by atoms with van der Waals surface area (Å²) in [4.78, 5) is 13.4. The molecule has 20 heavy (non-hydrogen) atoms. The van der Waals surface area contributed by atoms with Gasteiger partial charge in [-0.3, -0.25) is 0 Å². The maximum atomic E-state index is 12.3. The molecule has 1 aliphatic heterocycles. The summed E-state index contributed by atoms with van der Waals surface area (Å²) in [6.45, 7) is 6.34. The lowest BCUT2D eigenvalue weighted by molar-refractivity contribution is -0.665. The highest BCUT2D eigenvalue weighted by Crippen LogP contribution is 2.29. The van der Waals surface area contributed by atoms with Gasteiger partial charge in [0.05, 0.1) is 18.7 Å². The molecule has 1 saturated heterocycles. The molecule has 1 aromatic rings. The summed E-state index contributed by atoms with van der Waals surface area (Å²) >= 11 is 1.67. The van der Waals surface area contributed by atoms with E-state index in [0.717, 1.165) is 30.8 Å². The largest absolute Gasteiger partial charge is 0.456 e. The van der Waals surface area contributed by atoms with Crippen LogP contribution in [-0.2, 0) is 4.74 Å². The predicted molar refractivity (Wildman–Crippen MR) is 82.1 cm³/mol. The van der Waals surface area contributed by atoms with Crippen molar-refractivity contribution in [1.29, 1.82) is 0 Å². The Bertz CT molecular complexity index is 450. The van der Waals surface area contributed by atoms with E-state index in [1.807, 2.05) is 44.4 Å². The number of benzene rings is 1. The molecule has 0 saturated carbocycles. The molecular formula is C16H24NO2S+. The van der Waals surface area contributed by atoms with Crippen LogP contribution in [0.3, 0.4) is 0 Å². The van der Waals surface area contributed by atoms with Gasteiger partial charge in [-0.05, 0) is 44.4 Å². The van der Waals surface area contributed by atoms with Crippen LogP contribution in [0.15, 0.2) is 29.2 Å². The van der Waals surface area contributed by atoms with Crippen molar-refractivity contribution in [2.45, 2.75) is 37.2 Å². The molecule has 1 aliphatic rings. The maximum absolute atomic E-state index is 12.3. The molecule has 2 rings (SSSR count). The fourth-order valence-corrected chi connectivity index (χ4v) is 3.14. The number of ether oxygens (including phenoxy) is 1. The minimum Gasteiger partial charge on any atom is -0.456 e. The number of thioether (sulfide) groups is 1. The number of carbonyl (C=O) groups is 1. The van der Waals surface area contributed by atoms with Crippen LogP contribution in [0.25, 0.3) is 0 Å². The Morgan fingerprint density at radius 2 is 1.85 bits per heavy atom. The summed E-state index contributed by atoms with van der Waals surface area (Å²) in [6, 6.07) is 7.62. The maximum Gasteiger partial charge on any atom is 0.338 e. The number of rotatable bonds is 4. The van der Waals surface area contributed by atoms with Gasteiger partial charge in [-0.1, -0.05) is 0 Å². The predicted octanol–water partition coefficient (Wildman–Crippen LogP) is 2.32. The van der Waals surface area contributed by atoms with Crippen LogP contribution >= 0.6 is 11.8 Å². The third kappa shape index (κ3) is 3.76. The minimum atomic E-state index is -0.385. The van der Waals surface area contributed by atoms with E-state index in [-0.39, 0.29) is 11.6 Å². The number of nitrogens with two attached hydrogens (primary N) is 1. The monoisotopic (exact) mass is 294 g/mol. The van der Waals surface area contributed by atoms with Crippen molar-refractivity contribution in [3.8, 4) is 0 Å². The van der Waals surface area contributed by atoms with Crippen molar-refractivity contribution in [2.24, 2.45) is 5.92 Å². The van der Waals surface area contributed by atoms with E-state index in [4.69, 9.17) is 4.74 Å². The van der Waals surface area contributed by atoms with E-state index in [9.17, 15) is 4.79 Å². The Balaban J connectivity index is 2.01. The zero-order valence-corrected chi connectivity index (χ0v) is 13.3. The topological polar surface area (TPSA) is 42.9 Å². The lowest BCUT2D eigenvalue weighted by atomic mass is 9.83. The number of esters is 1. The second-order valence-corrected chi connectivity index (χ2v) is 6.74. The summed E-state index contributed by atoms with van der Waals surface area (Å²) in [7, 11) is 0. The van der Waals surface area contributed by atoms with Gasteiger partial charge < -0.3 is 10.1 Å². The standard InChI is InChI=1S/C16H23NO2S/c1-16(2,13-8-10-17-11-9-13)19-15(18)12-4-6-14(20-3)7-5-12/h4-7,13,17H,8-11H2,1-3H3/p+1. The van der Waals surface area contributed by atoms with E-state index in [1.54, 1.807) is 11.8 Å². The van der Waals surface area contributed by atoms with Crippen molar-refractivity contribution in [3.63, 3.8) is 0 Å². The molecule has 0 spiro atoms. The first-order valence-corrected chi connectivity index (χ1v) is 8.44. The molecule has 3 nitrogen and oxygen atoms in total. The summed E-state index contributed by atoms with van der Waals surface area (Å²) in [5.41, 5.74) is 0.252. The first kappa shape index (κ1) is 15.4. The molecule has 0 amide bonds. The molecule has 4 heteroatoms. The molecule has 2 N–H and O–H groups in total.